The Kier molecular flexibility index (Phi) is 18.0. The third kappa shape index (κ3) is 13.0. The molecule has 0 aliphatic rings. The normalized spacial score (nSPS) is 11.5. The van der Waals surface area contributed by atoms with E-state index in [1.54, 1.807) is 0 Å². The van der Waals surface area contributed by atoms with Gasteiger partial charge in [-0.2, -0.15) is 0 Å². The fourth-order valence-electron chi connectivity index (χ4n) is 17.9. The number of para-hydroxylation sites is 5. The zero-order valence-electron chi connectivity index (χ0n) is 67.0. The number of benzene rings is 18. The highest BCUT2D eigenvalue weighted by molar-refractivity contribution is 6.20. The minimum atomic E-state index is 0.578. The molecule has 0 aliphatic carbocycles. The van der Waals surface area contributed by atoms with Gasteiger partial charge in [0.1, 0.15) is 22.3 Å². The smallest absolute Gasteiger partial charge is 0.164 e. The highest BCUT2D eigenvalue weighted by Crippen LogP contribution is 2.48. The van der Waals surface area contributed by atoms with Crippen molar-refractivity contribution in [1.82, 2.24) is 39.0 Å². The van der Waals surface area contributed by atoms with E-state index in [1.807, 2.05) is 121 Å². The highest BCUT2D eigenvalue weighted by Gasteiger charge is 2.26. The summed E-state index contributed by atoms with van der Waals surface area (Å²) in [5.41, 5.74) is 28.5. The molecule has 0 spiro atoms. The van der Waals surface area contributed by atoms with Crippen molar-refractivity contribution in [2.45, 2.75) is 0 Å². The van der Waals surface area contributed by atoms with Crippen LogP contribution in [0.3, 0.4) is 0 Å². The fraction of sp³-hybridized carbons (Fsp3) is 0. The summed E-state index contributed by atoms with van der Waals surface area (Å²) in [7, 11) is 0. The maximum Gasteiger partial charge on any atom is 0.164 e. The van der Waals surface area contributed by atoms with Crippen LogP contribution in [0.2, 0.25) is 0 Å². The molecule has 580 valence electrons. The number of nitrogens with zero attached hydrogens (tertiary/aromatic N) is 8. The van der Waals surface area contributed by atoms with Crippen LogP contribution in [-0.2, 0) is 0 Å². The molecule has 0 saturated heterocycles. The highest BCUT2D eigenvalue weighted by atomic mass is 16.3. The number of hydrogen-bond acceptors (Lipinski definition) is 8. The Labute approximate surface area is 713 Å². The van der Waals surface area contributed by atoms with Crippen LogP contribution in [0.15, 0.2) is 446 Å². The average Bonchev–Trinajstić information content (AvgIpc) is 1.56. The number of fused-ring (bicyclic) bond motifs is 12. The fourth-order valence-corrected chi connectivity index (χ4v) is 17.9. The number of furan rings is 2. The van der Waals surface area contributed by atoms with Gasteiger partial charge in [-0.3, -0.25) is 0 Å². The summed E-state index contributed by atoms with van der Waals surface area (Å²) in [5.74, 6) is 3.61. The molecule has 0 aliphatic heterocycles. The Balaban J connectivity index is 0.000000143. The van der Waals surface area contributed by atoms with Gasteiger partial charge in [0.25, 0.3) is 0 Å². The van der Waals surface area contributed by atoms with E-state index in [0.29, 0.717) is 34.9 Å². The summed E-state index contributed by atoms with van der Waals surface area (Å²) in [6, 6.07) is 152. The summed E-state index contributed by atoms with van der Waals surface area (Å²) in [6.07, 6.45) is 0. The van der Waals surface area contributed by atoms with Crippen molar-refractivity contribution in [3.05, 3.63) is 437 Å². The van der Waals surface area contributed by atoms with E-state index in [1.165, 1.54) is 16.3 Å². The lowest BCUT2D eigenvalue weighted by Crippen LogP contribution is -2.01. The standard InChI is InChI=1S/2C57H36N4O/c1-5-18-37(19-6-1)42-26-13-14-27-43(42)40-32-33-44(50(34-40)57-59-55(38-20-7-2-8-21-38)58-56(60-57)39-22-9-3-10-23-39)46-29-17-30-47-49-35-52-48(36-53(49)62-54(46)47)45-28-15-16-31-51(45)61(52)41-24-11-4-12-25-41;1-5-17-37(18-6-1)43-25-13-14-26-44(43)40-29-31-45(50(33-40)57-59-55(38-19-7-2-8-20-38)58-56(60-57)39-21-9-3-10-22-39)41-30-32-47-49-35-52-48(36-54(49)62-53(47)34-41)46-27-15-16-28-51(46)61(52)42-23-11-4-12-24-42/h2*1-36H. The Morgan fingerprint density at radius 3 is 0.903 bits per heavy atom. The molecule has 10 heteroatoms. The molecular weight excluding hydrogens is 1510 g/mol. The van der Waals surface area contributed by atoms with Gasteiger partial charge in [-0.05, 0) is 146 Å². The molecule has 6 heterocycles. The van der Waals surface area contributed by atoms with Crippen LogP contribution < -0.4 is 0 Å². The van der Waals surface area contributed by atoms with Gasteiger partial charge < -0.3 is 18.0 Å². The first-order valence-electron chi connectivity index (χ1n) is 41.7. The molecule has 0 radical (unpaired) electrons. The van der Waals surface area contributed by atoms with E-state index in [0.717, 1.165) is 183 Å². The first kappa shape index (κ1) is 72.4. The zero-order valence-corrected chi connectivity index (χ0v) is 67.0. The second-order valence-corrected chi connectivity index (χ2v) is 31.1. The van der Waals surface area contributed by atoms with Crippen LogP contribution in [0, 0.1) is 0 Å². The van der Waals surface area contributed by atoms with Crippen LogP contribution in [-0.4, -0.2) is 39.0 Å². The van der Waals surface area contributed by atoms with Crippen molar-refractivity contribution >= 4 is 87.5 Å². The Morgan fingerprint density at radius 2 is 0.460 bits per heavy atom. The van der Waals surface area contributed by atoms with E-state index in [9.17, 15) is 0 Å². The minimum absolute atomic E-state index is 0.578. The van der Waals surface area contributed by atoms with Crippen molar-refractivity contribution in [3.63, 3.8) is 0 Å². The Bertz CT molecular complexity index is 8080. The maximum absolute atomic E-state index is 7.02. The summed E-state index contributed by atoms with van der Waals surface area (Å²) in [4.78, 5) is 31.1. The van der Waals surface area contributed by atoms with Crippen LogP contribution in [0.5, 0.6) is 0 Å². The van der Waals surface area contributed by atoms with Gasteiger partial charge in [-0.15, -0.1) is 0 Å². The topological polar surface area (TPSA) is 113 Å². The number of rotatable bonds is 14. The Hall–Kier alpha value is -16.8. The van der Waals surface area contributed by atoms with Crippen molar-refractivity contribution in [3.8, 4) is 146 Å². The molecule has 18 aromatic carbocycles. The molecule has 0 N–H and O–H groups in total. The monoisotopic (exact) mass is 1580 g/mol. The lowest BCUT2D eigenvalue weighted by molar-refractivity contribution is 0.669. The third-order valence-electron chi connectivity index (χ3n) is 23.8. The first-order chi connectivity index (χ1) is 61.5. The molecule has 0 atom stereocenters. The maximum atomic E-state index is 7.02. The predicted octanol–water partition coefficient (Wildman–Crippen LogP) is 29.7. The van der Waals surface area contributed by atoms with E-state index < -0.39 is 0 Å². The van der Waals surface area contributed by atoms with Crippen molar-refractivity contribution in [1.29, 1.82) is 0 Å². The molecule has 0 amide bonds. The molecule has 24 aromatic rings. The van der Waals surface area contributed by atoms with E-state index >= 15 is 0 Å². The average molecular weight is 1590 g/mol. The summed E-state index contributed by atoms with van der Waals surface area (Å²) >= 11 is 0. The van der Waals surface area contributed by atoms with Gasteiger partial charge in [0.15, 0.2) is 34.9 Å². The lowest BCUT2D eigenvalue weighted by Gasteiger charge is -2.16. The quantitative estimate of drug-likeness (QED) is 0.106. The summed E-state index contributed by atoms with van der Waals surface area (Å²) < 4.78 is 18.5. The van der Waals surface area contributed by atoms with E-state index in [-0.39, 0.29) is 0 Å². The van der Waals surface area contributed by atoms with Gasteiger partial charge in [0, 0.05) is 93.4 Å². The molecule has 0 bridgehead atoms. The van der Waals surface area contributed by atoms with Crippen molar-refractivity contribution < 1.29 is 8.83 Å². The molecule has 6 aromatic heterocycles. The van der Waals surface area contributed by atoms with Crippen LogP contribution in [0.4, 0.5) is 0 Å². The van der Waals surface area contributed by atoms with Crippen LogP contribution in [0.1, 0.15) is 0 Å². The first-order valence-corrected chi connectivity index (χ1v) is 41.7. The number of aromatic nitrogens is 8. The predicted molar refractivity (Wildman–Crippen MR) is 508 cm³/mol. The van der Waals surface area contributed by atoms with Crippen LogP contribution in [0.25, 0.3) is 234 Å². The molecule has 0 fully saturated rings. The third-order valence-corrected chi connectivity index (χ3v) is 23.8. The van der Waals surface area contributed by atoms with E-state index in [2.05, 4.69) is 325 Å². The van der Waals surface area contributed by atoms with Gasteiger partial charge in [0.2, 0.25) is 0 Å². The molecular formula is C114H72N8O2. The van der Waals surface area contributed by atoms with E-state index in [4.69, 9.17) is 38.7 Å². The zero-order chi connectivity index (χ0) is 82.0. The summed E-state index contributed by atoms with van der Waals surface area (Å²) in [5, 5.41) is 8.90. The second kappa shape index (κ2) is 30.8. The van der Waals surface area contributed by atoms with Gasteiger partial charge in [-0.1, -0.05) is 352 Å². The molecule has 0 unspecified atom stereocenters. The number of hydrogen-bond donors (Lipinski definition) is 0. The second-order valence-electron chi connectivity index (χ2n) is 31.1. The summed E-state index contributed by atoms with van der Waals surface area (Å²) in [6.45, 7) is 0. The van der Waals surface area contributed by atoms with Crippen molar-refractivity contribution in [2.24, 2.45) is 0 Å². The molecule has 10 nitrogen and oxygen atoms in total. The SMILES string of the molecule is c1ccc(-c2nc(-c3ccccc3)nc(-c3cc(-c4ccccc4-c4ccccc4)ccc3-c3ccc4c(c3)oc3cc5c6ccccc6n(-c6ccccc6)c5cc34)n2)cc1.c1ccc(-c2nc(-c3ccccc3)nc(-c3cc(-c4ccccc4-c4ccccc4)ccc3-c3cccc4c3oc3cc5c6ccccc6n(-c6ccccc6)c5cc34)n2)cc1. The Morgan fingerprint density at radius 1 is 0.153 bits per heavy atom. The van der Waals surface area contributed by atoms with Crippen molar-refractivity contribution in [2.75, 3.05) is 0 Å². The molecule has 124 heavy (non-hydrogen) atoms. The van der Waals surface area contributed by atoms with Gasteiger partial charge in [0.05, 0.1) is 22.1 Å². The largest absolute Gasteiger partial charge is 0.456 e. The lowest BCUT2D eigenvalue weighted by atomic mass is 9.90. The van der Waals surface area contributed by atoms with Gasteiger partial charge in [-0.25, -0.2) is 29.9 Å². The van der Waals surface area contributed by atoms with Crippen LogP contribution >= 0.6 is 0 Å². The molecule has 24 rings (SSSR count). The minimum Gasteiger partial charge on any atom is -0.456 e. The molecule has 0 saturated carbocycles. The van der Waals surface area contributed by atoms with Gasteiger partial charge >= 0.3 is 0 Å².